The number of aromatic hydroxyl groups is 1. The van der Waals surface area contributed by atoms with Gasteiger partial charge in [-0.1, -0.05) is 157 Å². The van der Waals surface area contributed by atoms with E-state index in [1.165, 1.54) is 12.1 Å². The van der Waals surface area contributed by atoms with E-state index in [0.717, 1.165) is 75.6 Å². The van der Waals surface area contributed by atoms with E-state index >= 15 is 0 Å². The molecule has 28 heteroatoms. The number of carbonyl (C=O) groups is 4. The molecule has 5 heterocycles. The predicted molar refractivity (Wildman–Crippen MR) is 495 cm³/mol. The van der Waals surface area contributed by atoms with Crippen molar-refractivity contribution in [2.75, 3.05) is 64.7 Å². The van der Waals surface area contributed by atoms with Crippen molar-refractivity contribution in [2.24, 2.45) is 43.3 Å². The third kappa shape index (κ3) is 28.4. The lowest BCUT2D eigenvalue weighted by Gasteiger charge is -2.52. The van der Waals surface area contributed by atoms with Crippen molar-refractivity contribution in [2.45, 2.75) is 362 Å². The van der Waals surface area contributed by atoms with Crippen LogP contribution in [0.25, 0.3) is 0 Å². The van der Waals surface area contributed by atoms with Gasteiger partial charge in [0.1, 0.15) is 34.3 Å². The van der Waals surface area contributed by atoms with Crippen molar-refractivity contribution < 1.29 is 81.9 Å². The van der Waals surface area contributed by atoms with Crippen LogP contribution in [0.1, 0.15) is 332 Å². The zero-order chi connectivity index (χ0) is 94.8. The van der Waals surface area contributed by atoms with Gasteiger partial charge >= 0.3 is 11.9 Å². The van der Waals surface area contributed by atoms with Crippen LogP contribution in [0.4, 0.5) is 5.69 Å². The Bertz CT molecular complexity index is 4580. The van der Waals surface area contributed by atoms with Gasteiger partial charge in [0.2, 0.25) is 11.8 Å². The number of unbranched alkanes of at least 4 members (excludes halogenated alkanes) is 4. The summed E-state index contributed by atoms with van der Waals surface area (Å²) < 4.78 is 73.0. The average Bonchev–Trinajstić information content (AvgIpc) is 1.52. The molecule has 3 aromatic carbocycles. The Balaban J connectivity index is 0.911. The largest absolute Gasteiger partial charge is 0.508 e. The van der Waals surface area contributed by atoms with Crippen LogP contribution >= 0.6 is 0 Å². The standard InChI is InChI=1S/C100H159N11O17/c1-27-89(11,12)90(13,14)62-97(28-2,65-119-59-73-56-110(107-103-73)47-36-32-34-38-85(116)117)69-125-95(23,24)92(17,18)64-99(30-4,67-121-61-75-57-111(108-105-75)48-50-123-93(19,20)45-49-122-88(8,9)10)70-126-96(25,26)91(15,16)63-98(29-3,68-124-94(21,22)87(5,6)7)66-120-60-74-55-109(106-104-74)46-35-31-33-37-83(114)101-54-84(115)102-72-40-43-78-77(52-72)86(118)128-100(78)79-42-39-71(58-112)51-81(79)127-82-53-76(113)41-44-80(82)100/h39-44,51-53,55-57,112-113H,27-38,45-50,54,58-70H2,1-26H3,(H,101,114)(H,102,115)(H,116,117). The van der Waals surface area contributed by atoms with Gasteiger partial charge in [0.25, 0.3) is 0 Å². The molecule has 0 saturated heterocycles. The number of aromatic nitrogens is 9. The number of aliphatic hydroxyl groups excluding tert-OH is 1. The molecule has 6 aromatic rings. The molecular weight excluding hydrogens is 1630 g/mol. The fraction of sp³-hybridized carbons (Fsp3) is 0.720. The summed E-state index contributed by atoms with van der Waals surface area (Å²) in [5, 5.41) is 61.9. The van der Waals surface area contributed by atoms with Crippen molar-refractivity contribution in [1.29, 1.82) is 0 Å². The van der Waals surface area contributed by atoms with Crippen LogP contribution in [-0.2, 0) is 109 Å². The maximum Gasteiger partial charge on any atom is 0.340 e. The molecule has 0 saturated carbocycles. The van der Waals surface area contributed by atoms with Gasteiger partial charge in [-0.3, -0.25) is 23.7 Å². The van der Waals surface area contributed by atoms with Gasteiger partial charge in [0.15, 0.2) is 5.60 Å². The molecule has 2 amide bonds. The first-order valence-electron chi connectivity index (χ1n) is 46.7. The normalized spacial score (nSPS) is 16.3. The third-order valence-electron chi connectivity index (χ3n) is 28.8. The maximum absolute atomic E-state index is 13.7. The lowest BCUT2D eigenvalue weighted by atomic mass is 9.59. The van der Waals surface area contributed by atoms with E-state index in [0.29, 0.717) is 144 Å². The summed E-state index contributed by atoms with van der Waals surface area (Å²) in [6, 6.07) is 14.7. The van der Waals surface area contributed by atoms with Crippen molar-refractivity contribution in [3.05, 3.63) is 118 Å². The number of aliphatic hydroxyl groups is 1. The molecular formula is C100H159N11O17. The van der Waals surface area contributed by atoms with Gasteiger partial charge in [0, 0.05) is 77.2 Å². The number of hydrogen-bond donors (Lipinski definition) is 5. The van der Waals surface area contributed by atoms with Gasteiger partial charge < -0.3 is 73.3 Å². The lowest BCUT2D eigenvalue weighted by Crippen LogP contribution is -2.52. The molecule has 4 unspecified atom stereocenters. The van der Waals surface area contributed by atoms with Crippen LogP contribution in [0.15, 0.2) is 73.2 Å². The second-order valence-corrected chi connectivity index (χ2v) is 43.3. The zero-order valence-corrected chi connectivity index (χ0v) is 82.6. The van der Waals surface area contributed by atoms with Gasteiger partial charge in [-0.15, -0.1) is 15.3 Å². The number of carbonyl (C=O) groups excluding carboxylic acids is 3. The molecule has 2 aliphatic heterocycles. The SMILES string of the molecule is CCC(COCc1cn(CCCCCC(=O)O)nn1)(COC(C)(C)C(C)(C)CC(CC)(COCc1cn(CCOC(C)(C)CCOC(C)(C)C)nn1)COC(C)(C)C(C)(C)CC(CC)(COCc1cn(CCCCCC(=O)NCC(=O)Nc2ccc3c(c2)C(=O)OC32c3ccc(O)cc3Oc3cc(CO)ccc32)nn1)COC(C)(C)C(C)(C)C)CC(C)(C)C(C)(C)CC. The molecule has 4 atom stereocenters. The Morgan fingerprint density at radius 1 is 0.477 bits per heavy atom. The maximum atomic E-state index is 13.7. The number of rotatable bonds is 57. The predicted octanol–water partition coefficient (Wildman–Crippen LogP) is 19.4. The van der Waals surface area contributed by atoms with Crippen molar-refractivity contribution >= 4 is 29.4 Å². The molecule has 1 spiro atoms. The minimum absolute atomic E-state index is 0.0189. The number of carboxylic acid groups (broad SMARTS) is 1. The summed E-state index contributed by atoms with van der Waals surface area (Å²) in [7, 11) is 0. The molecule has 0 fully saturated rings. The molecule has 5 N–H and O–H groups in total. The number of hydrogen-bond acceptors (Lipinski definition) is 22. The molecule has 716 valence electrons. The molecule has 128 heavy (non-hydrogen) atoms. The van der Waals surface area contributed by atoms with E-state index in [1.807, 2.05) is 32.6 Å². The first-order valence-corrected chi connectivity index (χ1v) is 46.7. The van der Waals surface area contributed by atoms with Crippen LogP contribution in [-0.4, -0.2) is 171 Å². The summed E-state index contributed by atoms with van der Waals surface area (Å²) in [6.45, 7) is 63.7. The first-order chi connectivity index (χ1) is 59.7. The number of aliphatic carboxylic acids is 1. The summed E-state index contributed by atoms with van der Waals surface area (Å²) >= 11 is 0. The van der Waals surface area contributed by atoms with Crippen LogP contribution < -0.4 is 15.4 Å². The summed E-state index contributed by atoms with van der Waals surface area (Å²) in [4.78, 5) is 51.2. The number of anilines is 1. The highest BCUT2D eigenvalue weighted by Gasteiger charge is 2.55. The van der Waals surface area contributed by atoms with E-state index in [1.54, 1.807) is 42.5 Å². The Labute approximate surface area is 763 Å². The molecule has 3 aromatic heterocycles. The number of phenols is 1. The highest BCUT2D eigenvalue weighted by molar-refractivity contribution is 6.00. The quantitative estimate of drug-likeness (QED) is 0.0175. The lowest BCUT2D eigenvalue weighted by molar-refractivity contribution is -0.189. The van der Waals surface area contributed by atoms with Crippen molar-refractivity contribution in [1.82, 2.24) is 50.3 Å². The summed E-state index contributed by atoms with van der Waals surface area (Å²) in [5.41, 5.74) is -1.55. The number of amides is 2. The number of aryl methyl sites for hydroxylation is 2. The fourth-order valence-electron chi connectivity index (χ4n) is 16.6. The average molecular weight is 1790 g/mol. The van der Waals surface area contributed by atoms with E-state index in [-0.39, 0.29) is 95.0 Å². The number of ether oxygens (including phenoxy) is 10. The van der Waals surface area contributed by atoms with Crippen LogP contribution in [0, 0.1) is 43.3 Å². The summed E-state index contributed by atoms with van der Waals surface area (Å²) in [5.74, 6) is -1.53. The van der Waals surface area contributed by atoms with E-state index in [9.17, 15) is 29.4 Å². The zero-order valence-electron chi connectivity index (χ0n) is 82.6. The van der Waals surface area contributed by atoms with E-state index in [4.69, 9.17) is 52.5 Å². The number of nitrogens with one attached hydrogen (secondary N) is 2. The Hall–Kier alpha value is -7.80. The van der Waals surface area contributed by atoms with Gasteiger partial charge in [-0.2, -0.15) is 0 Å². The molecule has 2 aliphatic rings. The van der Waals surface area contributed by atoms with E-state index < -0.39 is 61.9 Å². The monoisotopic (exact) mass is 1790 g/mol. The molecule has 28 nitrogen and oxygen atoms in total. The van der Waals surface area contributed by atoms with Crippen LogP contribution in [0.3, 0.4) is 0 Å². The fourth-order valence-corrected chi connectivity index (χ4v) is 16.6. The van der Waals surface area contributed by atoms with Crippen molar-refractivity contribution in [3.8, 4) is 17.2 Å². The first kappa shape index (κ1) is 106. The van der Waals surface area contributed by atoms with Gasteiger partial charge in [-0.05, 0) is 210 Å². The smallest absolute Gasteiger partial charge is 0.340 e. The Kier molecular flexibility index (Phi) is 36.0. The Morgan fingerprint density at radius 3 is 1.41 bits per heavy atom. The second-order valence-electron chi connectivity index (χ2n) is 43.3. The molecule has 0 bridgehead atoms. The highest BCUT2D eigenvalue weighted by atomic mass is 16.6. The number of carboxylic acids is 1. The highest BCUT2D eigenvalue weighted by Crippen LogP contribution is 2.58. The van der Waals surface area contributed by atoms with Crippen molar-refractivity contribution in [3.63, 3.8) is 0 Å². The number of benzene rings is 3. The number of esters is 1. The number of phenolic OH excluding ortho intramolecular Hbond substituents is 1. The van der Waals surface area contributed by atoms with E-state index in [2.05, 4.69) is 222 Å². The van der Waals surface area contributed by atoms with Gasteiger partial charge in [-0.25, -0.2) is 9.48 Å². The molecule has 8 rings (SSSR count). The second kappa shape index (κ2) is 43.7. The number of fused-ring (bicyclic) bond motifs is 6. The van der Waals surface area contributed by atoms with Crippen LogP contribution in [0.5, 0.6) is 17.2 Å². The minimum Gasteiger partial charge on any atom is -0.508 e. The number of nitrogens with zero attached hydrogens (tertiary/aromatic N) is 9. The molecule has 0 radical (unpaired) electrons. The topological polar surface area (TPSA) is 337 Å². The minimum atomic E-state index is -1.42. The van der Waals surface area contributed by atoms with Gasteiger partial charge in [0.05, 0.1) is 138 Å². The molecule has 0 aliphatic carbocycles. The third-order valence-corrected chi connectivity index (χ3v) is 28.8. The summed E-state index contributed by atoms with van der Waals surface area (Å²) in [6.07, 6.45) is 16.8. The Morgan fingerprint density at radius 2 is 0.938 bits per heavy atom. The van der Waals surface area contributed by atoms with Crippen LogP contribution in [0.2, 0.25) is 0 Å².